The van der Waals surface area contributed by atoms with Crippen molar-refractivity contribution >= 4 is 5.82 Å². The van der Waals surface area contributed by atoms with Crippen LogP contribution in [0.25, 0.3) is 0 Å². The fourth-order valence-electron chi connectivity index (χ4n) is 1.02. The predicted molar refractivity (Wildman–Crippen MR) is 55.9 cm³/mol. The maximum Gasteiger partial charge on any atom is 0.125 e. The maximum absolute atomic E-state index is 4.16. The Morgan fingerprint density at radius 2 is 2.15 bits per heavy atom. The van der Waals surface area contributed by atoms with Crippen LogP contribution in [-0.2, 0) is 0 Å². The Labute approximate surface area is 79.6 Å². The molecule has 3 nitrogen and oxygen atoms in total. The summed E-state index contributed by atoms with van der Waals surface area (Å²) in [5.41, 5.74) is 0. The van der Waals surface area contributed by atoms with Gasteiger partial charge in [-0.1, -0.05) is 19.9 Å². The lowest BCUT2D eigenvalue weighted by Crippen LogP contribution is -2.28. The monoisotopic (exact) mass is 179 g/mol. The van der Waals surface area contributed by atoms with Crippen molar-refractivity contribution in [2.75, 3.05) is 18.4 Å². The highest BCUT2D eigenvalue weighted by Crippen LogP contribution is 1.97. The van der Waals surface area contributed by atoms with E-state index in [9.17, 15) is 0 Å². The van der Waals surface area contributed by atoms with Crippen molar-refractivity contribution in [1.82, 2.24) is 10.3 Å². The van der Waals surface area contributed by atoms with E-state index in [1.54, 1.807) is 6.20 Å². The molecular weight excluding hydrogens is 162 g/mol. The van der Waals surface area contributed by atoms with Crippen LogP contribution in [0.5, 0.6) is 0 Å². The van der Waals surface area contributed by atoms with E-state index in [0.717, 1.165) is 18.9 Å². The summed E-state index contributed by atoms with van der Waals surface area (Å²) in [6, 6.07) is 6.41. The molecule has 0 saturated carbocycles. The molecule has 13 heavy (non-hydrogen) atoms. The number of hydrogen-bond acceptors (Lipinski definition) is 3. The number of pyridine rings is 1. The van der Waals surface area contributed by atoms with E-state index in [1.165, 1.54) is 0 Å². The largest absolute Gasteiger partial charge is 0.369 e. The van der Waals surface area contributed by atoms with E-state index in [2.05, 4.69) is 29.5 Å². The van der Waals surface area contributed by atoms with Crippen molar-refractivity contribution in [3.05, 3.63) is 24.4 Å². The Kier molecular flexibility index (Phi) is 4.26. The number of nitrogens with zero attached hydrogens (tertiary/aromatic N) is 1. The van der Waals surface area contributed by atoms with Crippen molar-refractivity contribution in [2.45, 2.75) is 19.9 Å². The summed E-state index contributed by atoms with van der Waals surface area (Å²) in [6.07, 6.45) is 1.79. The van der Waals surface area contributed by atoms with Gasteiger partial charge in [0.2, 0.25) is 0 Å². The van der Waals surface area contributed by atoms with Gasteiger partial charge in [0, 0.05) is 25.3 Å². The van der Waals surface area contributed by atoms with Crippen molar-refractivity contribution in [3.63, 3.8) is 0 Å². The number of aromatic nitrogens is 1. The van der Waals surface area contributed by atoms with Gasteiger partial charge in [-0.2, -0.15) is 0 Å². The van der Waals surface area contributed by atoms with Crippen molar-refractivity contribution in [3.8, 4) is 0 Å². The van der Waals surface area contributed by atoms with Gasteiger partial charge in [0.05, 0.1) is 0 Å². The Morgan fingerprint density at radius 3 is 2.77 bits per heavy atom. The van der Waals surface area contributed by atoms with Crippen LogP contribution in [0.1, 0.15) is 13.8 Å². The molecule has 0 aliphatic carbocycles. The lowest BCUT2D eigenvalue weighted by Gasteiger charge is -2.08. The van der Waals surface area contributed by atoms with E-state index >= 15 is 0 Å². The normalized spacial score (nSPS) is 10.4. The molecule has 0 saturated heterocycles. The average Bonchev–Trinajstić information content (AvgIpc) is 2.14. The van der Waals surface area contributed by atoms with Crippen LogP contribution in [0.4, 0.5) is 5.82 Å². The van der Waals surface area contributed by atoms with Crippen molar-refractivity contribution in [2.24, 2.45) is 0 Å². The number of anilines is 1. The zero-order chi connectivity index (χ0) is 9.52. The Bertz CT molecular complexity index is 221. The molecule has 1 heterocycles. The van der Waals surface area contributed by atoms with Gasteiger partial charge in [-0.25, -0.2) is 4.98 Å². The molecule has 0 aromatic carbocycles. The maximum atomic E-state index is 4.16. The molecule has 1 rings (SSSR count). The predicted octanol–water partition coefficient (Wildman–Crippen LogP) is 1.49. The lowest BCUT2D eigenvalue weighted by atomic mass is 10.4. The zero-order valence-electron chi connectivity index (χ0n) is 8.25. The van der Waals surface area contributed by atoms with Crippen LogP contribution in [-0.4, -0.2) is 24.1 Å². The molecule has 0 amide bonds. The van der Waals surface area contributed by atoms with Gasteiger partial charge in [-0.05, 0) is 12.1 Å². The number of rotatable bonds is 5. The molecule has 0 bridgehead atoms. The summed E-state index contributed by atoms with van der Waals surface area (Å²) in [5.74, 6) is 0.938. The summed E-state index contributed by atoms with van der Waals surface area (Å²) < 4.78 is 0. The minimum atomic E-state index is 0.547. The topological polar surface area (TPSA) is 37.0 Å². The number of nitrogens with one attached hydrogen (secondary N) is 2. The molecule has 0 radical (unpaired) electrons. The summed E-state index contributed by atoms with van der Waals surface area (Å²) in [7, 11) is 0. The first-order valence-corrected chi connectivity index (χ1v) is 4.67. The molecule has 1 aromatic heterocycles. The third-order valence-electron chi connectivity index (χ3n) is 1.65. The van der Waals surface area contributed by atoms with Gasteiger partial charge in [0.15, 0.2) is 0 Å². The van der Waals surface area contributed by atoms with E-state index < -0.39 is 0 Å². The summed E-state index contributed by atoms with van der Waals surface area (Å²) in [5, 5.41) is 6.55. The first-order valence-electron chi connectivity index (χ1n) is 4.67. The van der Waals surface area contributed by atoms with Crippen molar-refractivity contribution in [1.29, 1.82) is 0 Å². The van der Waals surface area contributed by atoms with Crippen LogP contribution in [0.2, 0.25) is 0 Å². The van der Waals surface area contributed by atoms with Gasteiger partial charge in [0.1, 0.15) is 5.82 Å². The van der Waals surface area contributed by atoms with E-state index in [0.29, 0.717) is 6.04 Å². The fourth-order valence-corrected chi connectivity index (χ4v) is 1.02. The van der Waals surface area contributed by atoms with E-state index in [1.807, 2.05) is 18.2 Å². The Hall–Kier alpha value is -1.09. The van der Waals surface area contributed by atoms with Gasteiger partial charge >= 0.3 is 0 Å². The molecule has 2 N–H and O–H groups in total. The molecule has 72 valence electrons. The fraction of sp³-hybridized carbons (Fsp3) is 0.500. The molecule has 0 aliphatic rings. The smallest absolute Gasteiger partial charge is 0.125 e. The highest BCUT2D eigenvalue weighted by Gasteiger charge is 1.92. The standard InChI is InChI=1S/C10H17N3/c1-9(2)11-7-8-13-10-5-3-4-6-12-10/h3-6,9,11H,7-8H2,1-2H3,(H,12,13). The average molecular weight is 179 g/mol. The molecule has 0 aliphatic heterocycles. The molecule has 0 spiro atoms. The molecule has 0 fully saturated rings. The lowest BCUT2D eigenvalue weighted by molar-refractivity contribution is 0.602. The van der Waals surface area contributed by atoms with Crippen LogP contribution in [0, 0.1) is 0 Å². The third kappa shape index (κ3) is 4.48. The molecule has 0 unspecified atom stereocenters. The summed E-state index contributed by atoms with van der Waals surface area (Å²) >= 11 is 0. The summed E-state index contributed by atoms with van der Waals surface area (Å²) in [4.78, 5) is 4.16. The minimum absolute atomic E-state index is 0.547. The second-order valence-electron chi connectivity index (χ2n) is 3.25. The first-order chi connectivity index (χ1) is 6.29. The van der Waals surface area contributed by atoms with E-state index in [-0.39, 0.29) is 0 Å². The van der Waals surface area contributed by atoms with E-state index in [4.69, 9.17) is 0 Å². The molecular formula is C10H17N3. The highest BCUT2D eigenvalue weighted by atomic mass is 15.0. The van der Waals surface area contributed by atoms with Gasteiger partial charge in [-0.3, -0.25) is 0 Å². The highest BCUT2D eigenvalue weighted by molar-refractivity contribution is 5.32. The third-order valence-corrected chi connectivity index (χ3v) is 1.65. The van der Waals surface area contributed by atoms with Crippen LogP contribution in [0.3, 0.4) is 0 Å². The Balaban J connectivity index is 2.13. The van der Waals surface area contributed by atoms with Crippen LogP contribution < -0.4 is 10.6 Å². The SMILES string of the molecule is CC(C)NCCNc1ccccn1. The second-order valence-corrected chi connectivity index (χ2v) is 3.25. The van der Waals surface area contributed by atoms with Gasteiger partial charge in [-0.15, -0.1) is 0 Å². The van der Waals surface area contributed by atoms with Gasteiger partial charge in [0.25, 0.3) is 0 Å². The molecule has 3 heteroatoms. The molecule has 1 aromatic rings. The zero-order valence-corrected chi connectivity index (χ0v) is 8.25. The van der Waals surface area contributed by atoms with Gasteiger partial charge < -0.3 is 10.6 Å². The van der Waals surface area contributed by atoms with Crippen LogP contribution in [0.15, 0.2) is 24.4 Å². The number of hydrogen-bond donors (Lipinski definition) is 2. The molecule has 0 atom stereocenters. The first kappa shape index (κ1) is 9.99. The van der Waals surface area contributed by atoms with Crippen LogP contribution >= 0.6 is 0 Å². The second kappa shape index (κ2) is 5.54. The summed E-state index contributed by atoms with van der Waals surface area (Å²) in [6.45, 7) is 6.16. The van der Waals surface area contributed by atoms with Crippen molar-refractivity contribution < 1.29 is 0 Å². The quantitative estimate of drug-likeness (QED) is 0.672. The minimum Gasteiger partial charge on any atom is -0.369 e. The Morgan fingerprint density at radius 1 is 1.31 bits per heavy atom.